The van der Waals surface area contributed by atoms with E-state index in [4.69, 9.17) is 20.6 Å². The van der Waals surface area contributed by atoms with Crippen LogP contribution in [0, 0.1) is 0 Å². The summed E-state index contributed by atoms with van der Waals surface area (Å²) < 4.78 is 0. The summed E-state index contributed by atoms with van der Waals surface area (Å²) in [5.74, 6) is -1.16. The highest BCUT2D eigenvalue weighted by molar-refractivity contribution is 8.09. The van der Waals surface area contributed by atoms with Gasteiger partial charge in [-0.15, -0.1) is 0 Å². The topological polar surface area (TPSA) is 104 Å². The van der Waals surface area contributed by atoms with E-state index in [0.29, 0.717) is 0 Å². The third kappa shape index (κ3) is 4.13. The molecule has 0 bridgehead atoms. The number of carboxylic acids is 1. The molecule has 0 amide bonds. The zero-order valence-corrected chi connectivity index (χ0v) is 8.26. The van der Waals surface area contributed by atoms with Crippen molar-refractivity contribution in [1.82, 2.24) is 0 Å². The average Bonchev–Trinajstić information content (AvgIpc) is 1.85. The molecule has 0 saturated heterocycles. The van der Waals surface area contributed by atoms with Crippen LogP contribution < -0.4 is 5.73 Å². The van der Waals surface area contributed by atoms with Gasteiger partial charge in [-0.05, 0) is 18.2 Å². The van der Waals surface area contributed by atoms with Crippen LogP contribution in [-0.2, 0) is 16.6 Å². The van der Waals surface area contributed by atoms with Crippen LogP contribution in [0.3, 0.4) is 0 Å². The van der Waals surface area contributed by atoms with Gasteiger partial charge in [0.05, 0.1) is 0 Å². The van der Waals surface area contributed by atoms with Crippen molar-refractivity contribution in [3.05, 3.63) is 0 Å². The molecule has 0 fully saturated rings. The van der Waals surface area contributed by atoms with Crippen LogP contribution in [0.4, 0.5) is 0 Å². The minimum absolute atomic E-state index is 0.0143. The molecule has 0 aliphatic heterocycles. The Morgan fingerprint density at radius 3 is 2.33 bits per heavy atom. The van der Waals surface area contributed by atoms with Gasteiger partial charge in [-0.2, -0.15) is 0 Å². The molecule has 0 spiro atoms. The number of nitrogens with two attached hydrogens (primary N) is 1. The first-order chi connectivity index (χ1) is 5.25. The Bertz CT molecular complexity index is 215. The van der Waals surface area contributed by atoms with E-state index in [-0.39, 0.29) is 6.42 Å². The van der Waals surface area contributed by atoms with Crippen molar-refractivity contribution < 1.29 is 19.7 Å². The van der Waals surface area contributed by atoms with Gasteiger partial charge in [0, 0.05) is 5.66 Å². The fraction of sp³-hybridized carbons (Fsp3) is 0.800. The Morgan fingerprint density at radius 1 is 1.67 bits per heavy atom. The first kappa shape index (κ1) is 12.0. The molecule has 0 heterocycles. The second kappa shape index (κ2) is 4.30. The first-order valence-electron chi connectivity index (χ1n) is 3.28. The molecule has 0 rings (SSSR count). The van der Waals surface area contributed by atoms with Gasteiger partial charge in [0.2, 0.25) is 0 Å². The van der Waals surface area contributed by atoms with E-state index in [1.165, 1.54) is 6.92 Å². The maximum absolute atomic E-state index is 10.3. The van der Waals surface area contributed by atoms with Gasteiger partial charge in [-0.3, -0.25) is 4.79 Å². The lowest BCUT2D eigenvalue weighted by Gasteiger charge is -2.18. The van der Waals surface area contributed by atoms with Gasteiger partial charge < -0.3 is 20.6 Å². The minimum atomic E-state index is -3.36. The van der Waals surface area contributed by atoms with Crippen LogP contribution in [0.2, 0.25) is 0 Å². The van der Waals surface area contributed by atoms with Gasteiger partial charge in [0.25, 0.3) is 0 Å². The average molecular weight is 213 g/mol. The summed E-state index contributed by atoms with van der Waals surface area (Å²) in [6.45, 7) is -1.88. The number of hydrogen-bond acceptors (Lipinski definition) is 3. The molecule has 0 aliphatic rings. The Morgan fingerprint density at radius 2 is 2.08 bits per heavy atom. The van der Waals surface area contributed by atoms with Gasteiger partial charge in [0.15, 0.2) is 6.49 Å². The van der Waals surface area contributed by atoms with Crippen molar-refractivity contribution in [2.24, 2.45) is 5.73 Å². The molecule has 0 aliphatic carbocycles. The van der Waals surface area contributed by atoms with Crippen molar-refractivity contribution in [2.75, 3.05) is 0 Å². The van der Waals surface area contributed by atoms with Crippen molar-refractivity contribution in [1.29, 1.82) is 0 Å². The van der Waals surface area contributed by atoms with E-state index in [1.54, 1.807) is 0 Å². The lowest BCUT2D eigenvalue weighted by Crippen LogP contribution is -2.33. The molecule has 72 valence electrons. The molecule has 0 radical (unpaired) electrons. The molecule has 0 aromatic rings. The Kier molecular flexibility index (Phi) is 4.30. The van der Waals surface area contributed by atoms with Gasteiger partial charge in [-0.25, -0.2) is 0 Å². The number of carboxylic acid groups (broad SMARTS) is 1. The summed E-state index contributed by atoms with van der Waals surface area (Å²) in [6.07, 6.45) is -0.0143. The smallest absolute Gasteiger partial charge is 0.320 e. The van der Waals surface area contributed by atoms with Crippen molar-refractivity contribution in [3.63, 3.8) is 0 Å². The van der Waals surface area contributed by atoms with E-state index in [2.05, 4.69) is 11.8 Å². The summed E-state index contributed by atoms with van der Waals surface area (Å²) >= 11 is 4.39. The maximum atomic E-state index is 10.3. The maximum Gasteiger partial charge on any atom is 0.320 e. The molecule has 0 saturated carbocycles. The summed E-state index contributed by atoms with van der Waals surface area (Å²) in [6, 6.07) is -1.08. The van der Waals surface area contributed by atoms with Crippen LogP contribution in [0.1, 0.15) is 13.3 Å². The monoisotopic (exact) mass is 213 g/mol. The zero-order valence-electron chi connectivity index (χ0n) is 6.54. The predicted molar refractivity (Wildman–Crippen MR) is 48.4 cm³/mol. The van der Waals surface area contributed by atoms with Gasteiger partial charge in [0.1, 0.15) is 6.04 Å². The summed E-state index contributed by atoms with van der Waals surface area (Å²) in [5.41, 5.74) is 4.52. The minimum Gasteiger partial charge on any atom is -0.480 e. The second-order valence-corrected chi connectivity index (χ2v) is 6.29. The van der Waals surface area contributed by atoms with Crippen molar-refractivity contribution in [3.8, 4) is 0 Å². The van der Waals surface area contributed by atoms with Crippen LogP contribution >= 0.6 is 6.49 Å². The highest BCUT2D eigenvalue weighted by Gasteiger charge is 2.24. The van der Waals surface area contributed by atoms with Crippen LogP contribution in [-0.4, -0.2) is 32.6 Å². The van der Waals surface area contributed by atoms with Gasteiger partial charge in [-0.1, -0.05) is 6.92 Å². The predicted octanol–water partition coefficient (Wildman–Crippen LogP) is -0.529. The fourth-order valence-corrected chi connectivity index (χ4v) is 1.37. The fourth-order valence-electron chi connectivity index (χ4n) is 0.606. The summed E-state index contributed by atoms with van der Waals surface area (Å²) in [5, 5.41) is 8.39. The molecule has 0 aromatic heterocycles. The quantitative estimate of drug-likeness (QED) is 0.468. The normalized spacial score (nSPS) is 17.0. The van der Waals surface area contributed by atoms with Gasteiger partial charge >= 0.3 is 5.97 Å². The lowest BCUT2D eigenvalue weighted by atomic mass is 10.2. The Balaban J connectivity index is 4.11. The van der Waals surface area contributed by atoms with Crippen LogP contribution in [0.5, 0.6) is 0 Å². The highest BCUT2D eigenvalue weighted by atomic mass is 32.5. The molecule has 7 heteroatoms. The highest BCUT2D eigenvalue weighted by Crippen LogP contribution is 2.43. The molecular weight excluding hydrogens is 201 g/mol. The lowest BCUT2D eigenvalue weighted by molar-refractivity contribution is -0.138. The zero-order chi connectivity index (χ0) is 9.94. The molecule has 0 aromatic carbocycles. The number of hydrogen-bond donors (Lipinski definition) is 4. The largest absolute Gasteiger partial charge is 0.480 e. The van der Waals surface area contributed by atoms with E-state index < -0.39 is 24.2 Å². The Hall–Kier alpha value is -0.0000000000000000833. The number of rotatable bonds is 4. The van der Waals surface area contributed by atoms with E-state index in [9.17, 15) is 4.79 Å². The molecule has 1 unspecified atom stereocenters. The SMILES string of the molecule is CC(C[C@H](N)C(=O)O)P(O)(O)=S. The van der Waals surface area contributed by atoms with E-state index in [1.807, 2.05) is 0 Å². The first-order valence-corrected chi connectivity index (χ1v) is 6.06. The van der Waals surface area contributed by atoms with E-state index in [0.717, 1.165) is 0 Å². The van der Waals surface area contributed by atoms with E-state index >= 15 is 0 Å². The molecule has 5 nitrogen and oxygen atoms in total. The summed E-state index contributed by atoms with van der Waals surface area (Å²) in [7, 11) is 0. The third-order valence-corrected chi connectivity index (χ3v) is 3.93. The van der Waals surface area contributed by atoms with Crippen molar-refractivity contribution >= 4 is 24.3 Å². The van der Waals surface area contributed by atoms with Crippen LogP contribution in [0.15, 0.2) is 0 Å². The molecular formula is C5H12NO4PS. The second-order valence-electron chi connectivity index (χ2n) is 2.62. The molecule has 2 atom stereocenters. The number of aliphatic carboxylic acids is 1. The van der Waals surface area contributed by atoms with Crippen molar-refractivity contribution in [2.45, 2.75) is 25.0 Å². The van der Waals surface area contributed by atoms with Crippen LogP contribution in [0.25, 0.3) is 0 Å². The third-order valence-electron chi connectivity index (χ3n) is 1.49. The molecule has 12 heavy (non-hydrogen) atoms. The molecule has 5 N–H and O–H groups in total. The summed E-state index contributed by atoms with van der Waals surface area (Å²) in [4.78, 5) is 28.2. The number of carbonyl (C=O) groups is 1. The standard InChI is InChI=1S/C5H12NO4PS/c1-3(11(9,10)12)2-4(6)5(7)8/h3-4H,2,6H2,1H3,(H,7,8)(H2,9,10,12)/t3?,4-/m0/s1. The Labute approximate surface area is 75.4 Å².